The molecule has 0 aromatic carbocycles. The van der Waals surface area contributed by atoms with Gasteiger partial charge in [0.1, 0.15) is 11.3 Å². The SMILES string of the molecule is CC(Cl)c1nc2cccnc2n1CC1CN(C)CCO1. The number of fused-ring (bicyclic) bond motifs is 1. The maximum atomic E-state index is 6.26. The van der Waals surface area contributed by atoms with Crippen molar-refractivity contribution in [1.82, 2.24) is 19.4 Å². The monoisotopic (exact) mass is 294 g/mol. The molecular weight excluding hydrogens is 276 g/mol. The molecule has 3 heterocycles. The number of likely N-dealkylation sites (N-methyl/N-ethyl adjacent to an activating group) is 1. The predicted octanol–water partition coefficient (Wildman–Crippen LogP) is 2.06. The van der Waals surface area contributed by atoms with Gasteiger partial charge in [0.05, 0.1) is 24.6 Å². The second kappa shape index (κ2) is 5.68. The topological polar surface area (TPSA) is 43.2 Å². The zero-order valence-corrected chi connectivity index (χ0v) is 12.5. The molecule has 1 fully saturated rings. The van der Waals surface area contributed by atoms with E-state index in [2.05, 4.69) is 26.5 Å². The molecule has 0 radical (unpaired) electrons. The van der Waals surface area contributed by atoms with Crippen LogP contribution in [0.4, 0.5) is 0 Å². The van der Waals surface area contributed by atoms with E-state index in [0.29, 0.717) is 0 Å². The summed E-state index contributed by atoms with van der Waals surface area (Å²) >= 11 is 6.26. The minimum atomic E-state index is -0.148. The zero-order valence-electron chi connectivity index (χ0n) is 11.8. The van der Waals surface area contributed by atoms with Crippen molar-refractivity contribution in [3.8, 4) is 0 Å². The molecular formula is C14H19ClN4O. The Morgan fingerprint density at radius 2 is 2.40 bits per heavy atom. The second-order valence-corrected chi connectivity index (χ2v) is 5.95. The maximum absolute atomic E-state index is 6.26. The fraction of sp³-hybridized carbons (Fsp3) is 0.571. The molecule has 1 aliphatic heterocycles. The van der Waals surface area contributed by atoms with Crippen molar-refractivity contribution in [2.24, 2.45) is 0 Å². The largest absolute Gasteiger partial charge is 0.374 e. The number of alkyl halides is 1. The van der Waals surface area contributed by atoms with Crippen LogP contribution in [0.5, 0.6) is 0 Å². The second-order valence-electron chi connectivity index (χ2n) is 5.30. The molecule has 2 atom stereocenters. The van der Waals surface area contributed by atoms with Gasteiger partial charge in [0.25, 0.3) is 0 Å². The Hall–Kier alpha value is -1.17. The summed E-state index contributed by atoms with van der Waals surface area (Å²) in [4.78, 5) is 11.3. The van der Waals surface area contributed by atoms with Gasteiger partial charge in [-0.15, -0.1) is 11.6 Å². The molecule has 0 spiro atoms. The summed E-state index contributed by atoms with van der Waals surface area (Å²) in [5.74, 6) is 0.859. The standard InChI is InChI=1S/C14H19ClN4O/c1-10(15)13-17-12-4-3-5-16-14(12)19(13)9-11-8-18(2)6-7-20-11/h3-5,10-11H,6-9H2,1-2H3. The van der Waals surface area contributed by atoms with E-state index in [4.69, 9.17) is 16.3 Å². The summed E-state index contributed by atoms with van der Waals surface area (Å²) in [6.45, 7) is 5.35. The van der Waals surface area contributed by atoms with Crippen LogP contribution in [0, 0.1) is 0 Å². The minimum absolute atomic E-state index is 0.148. The first-order valence-corrected chi connectivity index (χ1v) is 7.34. The van der Waals surface area contributed by atoms with Gasteiger partial charge in [0.2, 0.25) is 0 Å². The number of halogens is 1. The van der Waals surface area contributed by atoms with Crippen molar-refractivity contribution in [1.29, 1.82) is 0 Å². The van der Waals surface area contributed by atoms with E-state index >= 15 is 0 Å². The van der Waals surface area contributed by atoms with E-state index in [1.54, 1.807) is 6.20 Å². The first-order valence-electron chi connectivity index (χ1n) is 6.90. The normalized spacial score (nSPS) is 22.2. The fourth-order valence-corrected chi connectivity index (χ4v) is 2.81. The number of nitrogens with zero attached hydrogens (tertiary/aromatic N) is 4. The summed E-state index contributed by atoms with van der Waals surface area (Å²) in [6, 6.07) is 3.86. The summed E-state index contributed by atoms with van der Waals surface area (Å²) in [5.41, 5.74) is 1.77. The lowest BCUT2D eigenvalue weighted by Crippen LogP contribution is -2.42. The highest BCUT2D eigenvalue weighted by Crippen LogP contribution is 2.24. The Bertz CT molecular complexity index is 598. The van der Waals surface area contributed by atoms with Gasteiger partial charge in [-0.2, -0.15) is 0 Å². The van der Waals surface area contributed by atoms with Crippen LogP contribution < -0.4 is 0 Å². The molecule has 0 amide bonds. The summed E-state index contributed by atoms with van der Waals surface area (Å²) in [7, 11) is 2.12. The lowest BCUT2D eigenvalue weighted by Gasteiger charge is -2.30. The molecule has 0 aliphatic carbocycles. The number of ether oxygens (including phenoxy) is 1. The van der Waals surface area contributed by atoms with E-state index in [1.165, 1.54) is 0 Å². The first-order chi connectivity index (χ1) is 9.65. The number of imidazole rings is 1. The van der Waals surface area contributed by atoms with Crippen molar-refractivity contribution in [3.05, 3.63) is 24.2 Å². The quantitative estimate of drug-likeness (QED) is 0.813. The first kappa shape index (κ1) is 13.8. The van der Waals surface area contributed by atoms with E-state index in [1.807, 2.05) is 19.1 Å². The van der Waals surface area contributed by atoms with Gasteiger partial charge in [-0.1, -0.05) is 0 Å². The minimum Gasteiger partial charge on any atom is -0.374 e. The van der Waals surface area contributed by atoms with Crippen LogP contribution in [0.15, 0.2) is 18.3 Å². The molecule has 3 rings (SSSR count). The highest BCUT2D eigenvalue weighted by Gasteiger charge is 2.22. The van der Waals surface area contributed by atoms with Crippen molar-refractivity contribution in [3.63, 3.8) is 0 Å². The molecule has 2 unspecified atom stereocenters. The molecule has 6 heteroatoms. The van der Waals surface area contributed by atoms with Gasteiger partial charge in [0, 0.05) is 19.3 Å². The Morgan fingerprint density at radius 3 is 3.15 bits per heavy atom. The van der Waals surface area contributed by atoms with E-state index in [0.717, 1.165) is 43.2 Å². The number of morpholine rings is 1. The van der Waals surface area contributed by atoms with Crippen LogP contribution in [-0.2, 0) is 11.3 Å². The van der Waals surface area contributed by atoms with Gasteiger partial charge in [-0.3, -0.25) is 0 Å². The Labute approximate surface area is 123 Å². The molecule has 2 aromatic rings. The Kier molecular flexibility index (Phi) is 3.92. The van der Waals surface area contributed by atoms with E-state index in [9.17, 15) is 0 Å². The highest BCUT2D eigenvalue weighted by atomic mass is 35.5. The van der Waals surface area contributed by atoms with Crippen molar-refractivity contribution >= 4 is 22.8 Å². The van der Waals surface area contributed by atoms with Crippen molar-refractivity contribution in [2.75, 3.05) is 26.7 Å². The summed E-state index contributed by atoms with van der Waals surface area (Å²) in [5, 5.41) is -0.148. The van der Waals surface area contributed by atoms with Crippen LogP contribution >= 0.6 is 11.6 Å². The van der Waals surface area contributed by atoms with Crippen LogP contribution in [0.1, 0.15) is 18.1 Å². The van der Waals surface area contributed by atoms with Gasteiger partial charge >= 0.3 is 0 Å². The summed E-state index contributed by atoms with van der Waals surface area (Å²) in [6.07, 6.45) is 1.94. The van der Waals surface area contributed by atoms with Gasteiger partial charge in [-0.25, -0.2) is 9.97 Å². The highest BCUT2D eigenvalue weighted by molar-refractivity contribution is 6.20. The van der Waals surface area contributed by atoms with Crippen LogP contribution in [0.3, 0.4) is 0 Å². The Morgan fingerprint density at radius 1 is 1.55 bits per heavy atom. The van der Waals surface area contributed by atoms with Gasteiger partial charge in [-0.05, 0) is 26.1 Å². The molecule has 0 bridgehead atoms. The molecule has 1 saturated heterocycles. The van der Waals surface area contributed by atoms with E-state index in [-0.39, 0.29) is 11.5 Å². The third-order valence-corrected chi connectivity index (χ3v) is 3.81. The summed E-state index contributed by atoms with van der Waals surface area (Å²) < 4.78 is 7.94. The van der Waals surface area contributed by atoms with E-state index < -0.39 is 0 Å². The van der Waals surface area contributed by atoms with Crippen LogP contribution in [0.2, 0.25) is 0 Å². The Balaban J connectivity index is 1.94. The average molecular weight is 295 g/mol. The zero-order chi connectivity index (χ0) is 14.1. The average Bonchev–Trinajstić information content (AvgIpc) is 2.78. The van der Waals surface area contributed by atoms with Gasteiger partial charge in [0.15, 0.2) is 5.65 Å². The lowest BCUT2D eigenvalue weighted by atomic mass is 10.2. The predicted molar refractivity (Wildman–Crippen MR) is 79.0 cm³/mol. The third-order valence-electron chi connectivity index (χ3n) is 3.62. The molecule has 0 N–H and O–H groups in total. The number of hydrogen-bond donors (Lipinski definition) is 0. The number of pyridine rings is 1. The lowest BCUT2D eigenvalue weighted by molar-refractivity contribution is -0.0273. The van der Waals surface area contributed by atoms with Crippen LogP contribution in [0.25, 0.3) is 11.2 Å². The smallest absolute Gasteiger partial charge is 0.160 e. The molecule has 2 aromatic heterocycles. The van der Waals surface area contributed by atoms with Crippen LogP contribution in [-0.4, -0.2) is 52.3 Å². The molecule has 20 heavy (non-hydrogen) atoms. The third kappa shape index (κ3) is 2.66. The number of hydrogen-bond acceptors (Lipinski definition) is 4. The van der Waals surface area contributed by atoms with Crippen molar-refractivity contribution in [2.45, 2.75) is 24.9 Å². The fourth-order valence-electron chi connectivity index (χ4n) is 2.64. The van der Waals surface area contributed by atoms with Crippen molar-refractivity contribution < 1.29 is 4.74 Å². The number of rotatable bonds is 3. The number of aromatic nitrogens is 3. The molecule has 108 valence electrons. The molecule has 0 saturated carbocycles. The molecule has 1 aliphatic rings. The molecule has 5 nitrogen and oxygen atoms in total. The van der Waals surface area contributed by atoms with Gasteiger partial charge < -0.3 is 14.2 Å². The maximum Gasteiger partial charge on any atom is 0.160 e.